The minimum Gasteiger partial charge on any atom is -0.348 e. The van der Waals surface area contributed by atoms with Crippen LogP contribution >= 0.6 is 11.6 Å². The fraction of sp³-hybridized carbons (Fsp3) is 0.143. The van der Waals surface area contributed by atoms with Gasteiger partial charge in [-0.05, 0) is 54.4 Å². The molecular formula is C28H25ClN4O2. The zero-order valence-corrected chi connectivity index (χ0v) is 20.3. The first-order chi connectivity index (χ1) is 17.0. The molecule has 0 fully saturated rings. The number of nitrogens with zero attached hydrogens (tertiary/aromatic N) is 3. The average molecular weight is 485 g/mol. The summed E-state index contributed by atoms with van der Waals surface area (Å²) in [5.41, 5.74) is 5.64. The third-order valence-electron chi connectivity index (χ3n) is 5.60. The van der Waals surface area contributed by atoms with Crippen LogP contribution in [0.1, 0.15) is 34.8 Å². The van der Waals surface area contributed by atoms with Crippen LogP contribution in [-0.2, 0) is 11.3 Å². The maximum Gasteiger partial charge on any atom is 0.253 e. The molecular weight excluding hydrogens is 460 g/mol. The van der Waals surface area contributed by atoms with Crippen molar-refractivity contribution in [3.05, 3.63) is 107 Å². The fourth-order valence-corrected chi connectivity index (χ4v) is 3.78. The van der Waals surface area contributed by atoms with Crippen LogP contribution in [-0.4, -0.2) is 21.8 Å². The first kappa shape index (κ1) is 24.1. The van der Waals surface area contributed by atoms with Crippen molar-refractivity contribution in [3.8, 4) is 11.3 Å². The monoisotopic (exact) mass is 484 g/mol. The Morgan fingerprint density at radius 3 is 2.31 bits per heavy atom. The molecule has 2 heterocycles. The summed E-state index contributed by atoms with van der Waals surface area (Å²) < 4.78 is 0. The highest BCUT2D eigenvalue weighted by molar-refractivity contribution is 6.29. The van der Waals surface area contributed by atoms with E-state index in [1.807, 2.05) is 74.5 Å². The summed E-state index contributed by atoms with van der Waals surface area (Å²) in [5.74, 6) is -0.198. The first-order valence-corrected chi connectivity index (χ1v) is 11.7. The molecule has 0 aliphatic heterocycles. The summed E-state index contributed by atoms with van der Waals surface area (Å²) in [6, 6.07) is 22.6. The van der Waals surface area contributed by atoms with Gasteiger partial charge in [0.15, 0.2) is 0 Å². The van der Waals surface area contributed by atoms with Crippen molar-refractivity contribution < 1.29 is 9.59 Å². The predicted octanol–water partition coefficient (Wildman–Crippen LogP) is 6.11. The fourth-order valence-electron chi connectivity index (χ4n) is 3.67. The number of rotatable bonds is 7. The summed E-state index contributed by atoms with van der Waals surface area (Å²) in [7, 11) is 0. The van der Waals surface area contributed by atoms with Crippen molar-refractivity contribution in [1.29, 1.82) is 0 Å². The van der Waals surface area contributed by atoms with Crippen molar-refractivity contribution in [2.75, 3.05) is 4.90 Å². The second kappa shape index (κ2) is 10.9. The Labute approximate surface area is 209 Å². The normalized spacial score (nSPS) is 10.6. The lowest BCUT2D eigenvalue weighted by molar-refractivity contribution is -0.117. The zero-order chi connectivity index (χ0) is 24.8. The molecule has 2 amide bonds. The van der Waals surface area contributed by atoms with Gasteiger partial charge in [0.05, 0.1) is 16.9 Å². The van der Waals surface area contributed by atoms with Gasteiger partial charge in [-0.15, -0.1) is 0 Å². The maximum absolute atomic E-state index is 12.7. The molecule has 6 nitrogen and oxygen atoms in total. The van der Waals surface area contributed by atoms with Crippen molar-refractivity contribution in [2.24, 2.45) is 0 Å². The highest BCUT2D eigenvalue weighted by Gasteiger charge is 2.18. The number of nitrogens with one attached hydrogen (secondary N) is 1. The number of carbonyl (C=O) groups excluding carboxylic acids is 2. The lowest BCUT2D eigenvalue weighted by Crippen LogP contribution is -2.25. The molecule has 1 N–H and O–H groups in total. The molecule has 176 valence electrons. The molecule has 7 heteroatoms. The Balaban J connectivity index is 1.48. The van der Waals surface area contributed by atoms with Gasteiger partial charge in [0.25, 0.3) is 5.91 Å². The molecule has 2 aromatic carbocycles. The van der Waals surface area contributed by atoms with Gasteiger partial charge in [0.2, 0.25) is 5.91 Å². The number of para-hydroxylation sites is 1. The van der Waals surface area contributed by atoms with Gasteiger partial charge in [0.1, 0.15) is 5.15 Å². The molecule has 35 heavy (non-hydrogen) atoms. The van der Waals surface area contributed by atoms with E-state index in [1.165, 1.54) is 0 Å². The summed E-state index contributed by atoms with van der Waals surface area (Å²) in [6.07, 6.45) is 3.58. The lowest BCUT2D eigenvalue weighted by Gasteiger charge is -2.24. The quantitative estimate of drug-likeness (QED) is 0.321. The number of carbonyl (C=O) groups is 2. The van der Waals surface area contributed by atoms with Gasteiger partial charge in [0, 0.05) is 36.6 Å². The number of aromatic nitrogens is 2. The summed E-state index contributed by atoms with van der Waals surface area (Å²) >= 11 is 5.79. The molecule has 4 aromatic rings. The Morgan fingerprint density at radius 1 is 0.914 bits per heavy atom. The Bertz CT molecular complexity index is 1320. The van der Waals surface area contributed by atoms with Crippen LogP contribution in [0.15, 0.2) is 85.2 Å². The number of hydrogen-bond acceptors (Lipinski definition) is 4. The number of hydrogen-bond donors (Lipinski definition) is 1. The summed E-state index contributed by atoms with van der Waals surface area (Å²) in [6.45, 7) is 4.20. The van der Waals surface area contributed by atoms with Gasteiger partial charge in [-0.25, -0.2) is 4.98 Å². The molecule has 0 atom stereocenters. The van der Waals surface area contributed by atoms with Crippen LogP contribution in [0.3, 0.4) is 0 Å². The van der Waals surface area contributed by atoms with Crippen molar-refractivity contribution in [1.82, 2.24) is 15.3 Å². The zero-order valence-electron chi connectivity index (χ0n) is 19.5. The number of amides is 2. The van der Waals surface area contributed by atoms with E-state index in [1.54, 1.807) is 29.4 Å². The van der Waals surface area contributed by atoms with Crippen LogP contribution in [0.4, 0.5) is 11.4 Å². The third-order valence-corrected chi connectivity index (χ3v) is 5.82. The maximum atomic E-state index is 12.7. The Kier molecular flexibility index (Phi) is 7.53. The van der Waals surface area contributed by atoms with Crippen molar-refractivity contribution >= 4 is 34.8 Å². The smallest absolute Gasteiger partial charge is 0.253 e. The highest BCUT2D eigenvalue weighted by atomic mass is 35.5. The van der Waals surface area contributed by atoms with Crippen LogP contribution in [0.2, 0.25) is 5.15 Å². The van der Waals surface area contributed by atoms with Gasteiger partial charge in [-0.2, -0.15) is 0 Å². The molecule has 0 aliphatic rings. The van der Waals surface area contributed by atoms with E-state index in [-0.39, 0.29) is 11.8 Å². The van der Waals surface area contributed by atoms with Gasteiger partial charge < -0.3 is 5.32 Å². The van der Waals surface area contributed by atoms with E-state index in [0.717, 1.165) is 33.8 Å². The largest absolute Gasteiger partial charge is 0.348 e. The van der Waals surface area contributed by atoms with E-state index in [9.17, 15) is 9.59 Å². The Morgan fingerprint density at radius 2 is 1.69 bits per heavy atom. The second-order valence-corrected chi connectivity index (χ2v) is 8.41. The third kappa shape index (κ3) is 5.73. The standard InChI is InChI=1S/C28H25ClN4O2/c1-3-27(34)33(25-7-5-4-6-19(25)2)23-12-9-21(10-13-23)24-14-11-22(18-30-24)28(35)32-17-20-8-15-26(29)31-16-20/h4-16,18H,3,17H2,1-2H3,(H,32,35). The van der Waals surface area contributed by atoms with Gasteiger partial charge >= 0.3 is 0 Å². The number of aryl methyl sites for hydroxylation is 1. The SMILES string of the molecule is CCC(=O)N(c1ccc(-c2ccc(C(=O)NCc3ccc(Cl)nc3)cn2)cc1)c1ccccc1C. The van der Waals surface area contributed by atoms with E-state index >= 15 is 0 Å². The number of anilines is 2. The van der Waals surface area contributed by atoms with Crippen LogP contribution in [0.5, 0.6) is 0 Å². The van der Waals surface area contributed by atoms with Crippen molar-refractivity contribution in [3.63, 3.8) is 0 Å². The molecule has 0 spiro atoms. The molecule has 0 aliphatic carbocycles. The molecule has 0 unspecified atom stereocenters. The predicted molar refractivity (Wildman–Crippen MR) is 139 cm³/mol. The highest BCUT2D eigenvalue weighted by Crippen LogP contribution is 2.30. The van der Waals surface area contributed by atoms with Crippen molar-refractivity contribution in [2.45, 2.75) is 26.8 Å². The van der Waals surface area contributed by atoms with E-state index < -0.39 is 0 Å². The Hall–Kier alpha value is -4.03. The van der Waals surface area contributed by atoms with Crippen LogP contribution < -0.4 is 10.2 Å². The number of benzene rings is 2. The molecule has 0 radical (unpaired) electrons. The van der Waals surface area contributed by atoms with Gasteiger partial charge in [-0.3, -0.25) is 19.5 Å². The van der Waals surface area contributed by atoms with Gasteiger partial charge in [-0.1, -0.05) is 54.9 Å². The minimum absolute atomic E-state index is 0.0231. The minimum atomic E-state index is -0.221. The van der Waals surface area contributed by atoms with Crippen LogP contribution in [0.25, 0.3) is 11.3 Å². The molecule has 0 bridgehead atoms. The van der Waals surface area contributed by atoms with E-state index in [2.05, 4.69) is 15.3 Å². The molecule has 0 saturated heterocycles. The number of halogens is 1. The topological polar surface area (TPSA) is 75.2 Å². The lowest BCUT2D eigenvalue weighted by atomic mass is 10.1. The molecule has 0 saturated carbocycles. The van der Waals surface area contributed by atoms with E-state index in [0.29, 0.717) is 23.7 Å². The summed E-state index contributed by atoms with van der Waals surface area (Å²) in [5, 5.41) is 3.26. The number of pyridine rings is 2. The second-order valence-electron chi connectivity index (χ2n) is 8.02. The molecule has 2 aromatic heterocycles. The average Bonchev–Trinajstić information content (AvgIpc) is 2.90. The summed E-state index contributed by atoms with van der Waals surface area (Å²) in [4.78, 5) is 35.4. The molecule has 4 rings (SSSR count). The van der Waals surface area contributed by atoms with E-state index in [4.69, 9.17) is 11.6 Å². The first-order valence-electron chi connectivity index (χ1n) is 11.3. The van der Waals surface area contributed by atoms with Crippen LogP contribution in [0, 0.1) is 6.92 Å².